The summed E-state index contributed by atoms with van der Waals surface area (Å²) >= 11 is 0. The van der Waals surface area contributed by atoms with Crippen LogP contribution in [0.25, 0.3) is 0 Å². The molecular weight excluding hydrogens is 226 g/mol. The fourth-order valence-corrected chi connectivity index (χ4v) is 1.83. The van der Waals surface area contributed by atoms with Crippen molar-refractivity contribution in [2.75, 3.05) is 6.61 Å². The molecule has 1 aromatic heterocycles. The summed E-state index contributed by atoms with van der Waals surface area (Å²) in [7, 11) is 0. The van der Waals surface area contributed by atoms with E-state index in [1.807, 2.05) is 0 Å². The lowest BCUT2D eigenvalue weighted by atomic mass is 10.1. The third-order valence-electron chi connectivity index (χ3n) is 2.62. The molecule has 0 saturated carbocycles. The molecule has 0 aromatic carbocycles. The number of aliphatic hydroxyl groups excluding tert-OH is 1. The minimum atomic E-state index is -0.862. The summed E-state index contributed by atoms with van der Waals surface area (Å²) < 4.78 is 6.06. The minimum Gasteiger partial charge on any atom is -0.460 e. The first-order chi connectivity index (χ1) is 8.04. The van der Waals surface area contributed by atoms with Gasteiger partial charge in [-0.3, -0.25) is 4.79 Å². The molecule has 92 valence electrons. The molecular formula is C10H13N3O4. The number of fused-ring (bicyclic) bond motifs is 1. The van der Waals surface area contributed by atoms with E-state index in [0.717, 1.165) is 0 Å². The Morgan fingerprint density at radius 2 is 2.29 bits per heavy atom. The van der Waals surface area contributed by atoms with Crippen molar-refractivity contribution < 1.29 is 19.4 Å². The largest absolute Gasteiger partial charge is 0.460 e. The zero-order chi connectivity index (χ0) is 12.6. The monoisotopic (exact) mass is 239 g/mol. The van der Waals surface area contributed by atoms with Crippen LogP contribution in [0.3, 0.4) is 0 Å². The third kappa shape index (κ3) is 1.93. The van der Waals surface area contributed by atoms with E-state index < -0.39 is 18.1 Å². The second-order valence-electron chi connectivity index (χ2n) is 3.84. The number of carbonyl (C=O) groups is 2. The third-order valence-corrected chi connectivity index (χ3v) is 2.62. The number of hydrogen-bond acceptors (Lipinski definition) is 6. The maximum atomic E-state index is 11.4. The normalized spacial score (nSPS) is 22.3. The molecule has 0 amide bonds. The molecule has 0 saturated heterocycles. The lowest BCUT2D eigenvalue weighted by Crippen LogP contribution is -2.15. The van der Waals surface area contributed by atoms with Gasteiger partial charge in [-0.15, -0.1) is 5.10 Å². The molecule has 2 rings (SSSR count). The Hall–Kier alpha value is -1.76. The van der Waals surface area contributed by atoms with Gasteiger partial charge < -0.3 is 9.84 Å². The number of aliphatic hydroxyl groups is 1. The van der Waals surface area contributed by atoms with Gasteiger partial charge in [0.05, 0.1) is 6.61 Å². The van der Waals surface area contributed by atoms with Crippen molar-refractivity contribution in [3.8, 4) is 0 Å². The van der Waals surface area contributed by atoms with Gasteiger partial charge in [0.15, 0.2) is 11.6 Å². The number of carbonyl (C=O) groups excluding carboxylic acids is 2. The highest BCUT2D eigenvalue weighted by Crippen LogP contribution is 2.32. The van der Waals surface area contributed by atoms with Gasteiger partial charge in [0, 0.05) is 6.42 Å². The van der Waals surface area contributed by atoms with Gasteiger partial charge in [-0.2, -0.15) is 0 Å². The molecule has 7 heteroatoms. The van der Waals surface area contributed by atoms with E-state index in [9.17, 15) is 14.7 Å². The van der Waals surface area contributed by atoms with Crippen LogP contribution in [0.1, 0.15) is 48.9 Å². The maximum absolute atomic E-state index is 11.4. The minimum absolute atomic E-state index is 0.119. The highest BCUT2D eigenvalue weighted by atomic mass is 16.5. The number of nitrogens with zero attached hydrogens (tertiary/aromatic N) is 3. The average molecular weight is 239 g/mol. The summed E-state index contributed by atoms with van der Waals surface area (Å²) in [6.07, 6.45) is -0.604. The molecule has 2 atom stereocenters. The summed E-state index contributed by atoms with van der Waals surface area (Å²) in [5, 5.41) is 13.6. The standard InChI is InChI=1S/C10H13N3O4/c1-3-17-10(16)8-11-9-7(15)4-6(5(2)14)13(9)12-8/h6-7,15H,3-4H2,1-2H3. The number of aromatic nitrogens is 3. The maximum Gasteiger partial charge on any atom is 0.378 e. The molecule has 1 aliphatic rings. The van der Waals surface area contributed by atoms with Crippen LogP contribution >= 0.6 is 0 Å². The van der Waals surface area contributed by atoms with Gasteiger partial charge in [-0.05, 0) is 13.8 Å². The van der Waals surface area contributed by atoms with Gasteiger partial charge in [0.25, 0.3) is 5.82 Å². The van der Waals surface area contributed by atoms with Crippen molar-refractivity contribution in [3.63, 3.8) is 0 Å². The van der Waals surface area contributed by atoms with Gasteiger partial charge in [-0.25, -0.2) is 14.5 Å². The summed E-state index contributed by atoms with van der Waals surface area (Å²) in [4.78, 5) is 26.6. The molecule has 0 fully saturated rings. The summed E-state index contributed by atoms with van der Waals surface area (Å²) in [5.41, 5.74) is 0. The van der Waals surface area contributed by atoms with Crippen LogP contribution in [0.15, 0.2) is 0 Å². The summed E-state index contributed by atoms with van der Waals surface area (Å²) in [6.45, 7) is 3.31. The lowest BCUT2D eigenvalue weighted by Gasteiger charge is -2.05. The Kier molecular flexibility index (Phi) is 2.93. The Morgan fingerprint density at radius 1 is 1.59 bits per heavy atom. The smallest absolute Gasteiger partial charge is 0.378 e. The first-order valence-electron chi connectivity index (χ1n) is 5.36. The fourth-order valence-electron chi connectivity index (χ4n) is 1.83. The van der Waals surface area contributed by atoms with Crippen LogP contribution in [0.5, 0.6) is 0 Å². The SMILES string of the molecule is CCOC(=O)c1nc2n(n1)C(C(C)=O)CC2O. The van der Waals surface area contributed by atoms with E-state index in [-0.39, 0.29) is 30.5 Å². The van der Waals surface area contributed by atoms with E-state index in [1.54, 1.807) is 6.92 Å². The van der Waals surface area contributed by atoms with Gasteiger partial charge in [0.2, 0.25) is 0 Å². The van der Waals surface area contributed by atoms with Crippen molar-refractivity contribution in [3.05, 3.63) is 11.6 Å². The molecule has 0 bridgehead atoms. The number of ketones is 1. The van der Waals surface area contributed by atoms with Gasteiger partial charge >= 0.3 is 5.97 Å². The second kappa shape index (κ2) is 4.25. The molecule has 0 spiro atoms. The molecule has 1 N–H and O–H groups in total. The molecule has 0 aliphatic carbocycles. The van der Waals surface area contributed by atoms with Crippen molar-refractivity contribution in [1.82, 2.24) is 14.8 Å². The van der Waals surface area contributed by atoms with Gasteiger partial charge in [-0.1, -0.05) is 0 Å². The predicted octanol–water partition coefficient (Wildman–Crippen LogP) is 0.0220. The van der Waals surface area contributed by atoms with Crippen LogP contribution in [0.4, 0.5) is 0 Å². The highest BCUT2D eigenvalue weighted by molar-refractivity contribution is 5.85. The molecule has 0 radical (unpaired) electrons. The number of esters is 1. The van der Waals surface area contributed by atoms with Crippen LogP contribution < -0.4 is 0 Å². The van der Waals surface area contributed by atoms with E-state index in [0.29, 0.717) is 0 Å². The van der Waals surface area contributed by atoms with Crippen LogP contribution in [-0.2, 0) is 9.53 Å². The number of ether oxygens (including phenoxy) is 1. The molecule has 2 unspecified atom stereocenters. The highest BCUT2D eigenvalue weighted by Gasteiger charge is 2.36. The molecule has 1 aliphatic heterocycles. The molecule has 17 heavy (non-hydrogen) atoms. The van der Waals surface area contributed by atoms with Gasteiger partial charge in [0.1, 0.15) is 12.1 Å². The summed E-state index contributed by atoms with van der Waals surface area (Å²) in [6, 6.07) is -0.546. The predicted molar refractivity (Wildman–Crippen MR) is 55.3 cm³/mol. The zero-order valence-corrected chi connectivity index (χ0v) is 9.58. The van der Waals surface area contributed by atoms with Crippen LogP contribution in [0.2, 0.25) is 0 Å². The number of hydrogen-bond donors (Lipinski definition) is 1. The Morgan fingerprint density at radius 3 is 2.88 bits per heavy atom. The Bertz CT molecular complexity index is 468. The number of rotatable bonds is 3. The van der Waals surface area contributed by atoms with E-state index in [4.69, 9.17) is 4.74 Å². The number of Topliss-reactive ketones (excluding diaryl/α,β-unsaturated/α-hetero) is 1. The first kappa shape index (κ1) is 11.7. The van der Waals surface area contributed by atoms with Crippen molar-refractivity contribution in [1.29, 1.82) is 0 Å². The van der Waals surface area contributed by atoms with Crippen LogP contribution in [-0.4, -0.2) is 38.2 Å². The Labute approximate surface area is 97.4 Å². The zero-order valence-electron chi connectivity index (χ0n) is 9.58. The van der Waals surface area contributed by atoms with E-state index in [1.165, 1.54) is 11.6 Å². The fraction of sp³-hybridized carbons (Fsp3) is 0.600. The van der Waals surface area contributed by atoms with E-state index >= 15 is 0 Å². The first-order valence-corrected chi connectivity index (χ1v) is 5.36. The van der Waals surface area contributed by atoms with E-state index in [2.05, 4.69) is 10.1 Å². The summed E-state index contributed by atoms with van der Waals surface area (Å²) in [5.74, 6) is -0.646. The lowest BCUT2D eigenvalue weighted by molar-refractivity contribution is -0.120. The second-order valence-corrected chi connectivity index (χ2v) is 3.84. The molecule has 7 nitrogen and oxygen atoms in total. The quantitative estimate of drug-likeness (QED) is 0.747. The van der Waals surface area contributed by atoms with Crippen molar-refractivity contribution in [2.45, 2.75) is 32.4 Å². The molecule has 1 aromatic rings. The average Bonchev–Trinajstić information content (AvgIpc) is 2.80. The molecule has 2 heterocycles. The topological polar surface area (TPSA) is 94.3 Å². The Balaban J connectivity index is 2.32. The van der Waals surface area contributed by atoms with Crippen molar-refractivity contribution in [2.24, 2.45) is 0 Å². The van der Waals surface area contributed by atoms with Crippen LogP contribution in [0, 0.1) is 0 Å². The van der Waals surface area contributed by atoms with Crippen molar-refractivity contribution >= 4 is 11.8 Å².